The molecule has 0 aromatic heterocycles. The van der Waals surface area contributed by atoms with Crippen LogP contribution in [0.15, 0.2) is 0 Å². The fraction of sp³-hybridized carbons (Fsp3) is 0.933. The summed E-state index contributed by atoms with van der Waals surface area (Å²) in [5.74, 6) is -0.00298. The predicted octanol–water partition coefficient (Wildman–Crippen LogP) is 2.85. The van der Waals surface area contributed by atoms with Crippen LogP contribution in [0.3, 0.4) is 0 Å². The van der Waals surface area contributed by atoms with Gasteiger partial charge in [0.25, 0.3) is 0 Å². The maximum atomic E-state index is 11.7. The smallest absolute Gasteiger partial charge is 0.149 e. The quantitative estimate of drug-likeness (QED) is 0.531. The molecule has 0 saturated carbocycles. The van der Waals surface area contributed by atoms with Crippen molar-refractivity contribution in [3.05, 3.63) is 0 Å². The molecule has 20 heavy (non-hydrogen) atoms. The van der Waals surface area contributed by atoms with E-state index in [0.29, 0.717) is 6.42 Å². The molecule has 0 fully saturated rings. The molecule has 2 N–H and O–H groups in total. The first-order chi connectivity index (χ1) is 9.37. The molecule has 0 radical (unpaired) electrons. The van der Waals surface area contributed by atoms with Crippen LogP contribution in [0, 0.1) is 0 Å². The van der Waals surface area contributed by atoms with E-state index in [9.17, 15) is 13.2 Å². The van der Waals surface area contributed by atoms with Crippen LogP contribution in [0.2, 0.25) is 0 Å². The van der Waals surface area contributed by atoms with Crippen LogP contribution < -0.4 is 5.73 Å². The van der Waals surface area contributed by atoms with E-state index in [1.165, 1.54) is 44.8 Å². The van der Waals surface area contributed by atoms with Gasteiger partial charge in [0.2, 0.25) is 0 Å². The molecule has 0 aromatic carbocycles. The number of sulfone groups is 1. The molecule has 0 aromatic rings. The maximum Gasteiger partial charge on any atom is 0.149 e. The topological polar surface area (TPSA) is 77.2 Å². The fourth-order valence-electron chi connectivity index (χ4n) is 2.12. The third kappa shape index (κ3) is 12.6. The second-order valence-electron chi connectivity index (χ2n) is 5.72. The van der Waals surface area contributed by atoms with E-state index in [-0.39, 0.29) is 18.0 Å². The summed E-state index contributed by atoms with van der Waals surface area (Å²) in [6.45, 7) is 2.21. The van der Waals surface area contributed by atoms with Gasteiger partial charge in [-0.15, -0.1) is 0 Å². The highest BCUT2D eigenvalue weighted by Crippen LogP contribution is 2.10. The molecule has 0 heterocycles. The zero-order valence-corrected chi connectivity index (χ0v) is 13.9. The Hall–Kier alpha value is -0.420. The van der Waals surface area contributed by atoms with E-state index in [4.69, 9.17) is 5.73 Å². The van der Waals surface area contributed by atoms with Crippen molar-refractivity contribution in [3.63, 3.8) is 0 Å². The summed E-state index contributed by atoms with van der Waals surface area (Å²) in [6.07, 6.45) is 11.4. The number of rotatable bonds is 13. The van der Waals surface area contributed by atoms with Crippen molar-refractivity contribution >= 4 is 15.6 Å². The average Bonchev–Trinajstić information content (AvgIpc) is 2.38. The van der Waals surface area contributed by atoms with Crippen LogP contribution in [-0.4, -0.2) is 32.3 Å². The Labute approximate surface area is 124 Å². The largest absolute Gasteiger partial charge is 0.321 e. The first kappa shape index (κ1) is 19.6. The monoisotopic (exact) mass is 305 g/mol. The summed E-state index contributed by atoms with van der Waals surface area (Å²) in [4.78, 5) is 11.7. The minimum Gasteiger partial charge on any atom is -0.321 e. The van der Waals surface area contributed by atoms with Crippen molar-refractivity contribution in [3.8, 4) is 0 Å². The zero-order valence-electron chi connectivity index (χ0n) is 13.1. The molecule has 5 heteroatoms. The van der Waals surface area contributed by atoms with Crippen molar-refractivity contribution in [1.82, 2.24) is 0 Å². The summed E-state index contributed by atoms with van der Waals surface area (Å²) >= 11 is 0. The molecule has 0 aliphatic rings. The molecule has 1 unspecified atom stereocenters. The number of unbranched alkanes of at least 4 members (excludes halogenated alkanes) is 7. The normalized spacial score (nSPS) is 13.3. The molecule has 0 saturated heterocycles. The number of carbonyl (C=O) groups is 1. The van der Waals surface area contributed by atoms with Gasteiger partial charge in [0, 0.05) is 12.7 Å². The minimum atomic E-state index is -3.03. The van der Waals surface area contributed by atoms with Gasteiger partial charge in [-0.1, -0.05) is 51.9 Å². The zero-order chi connectivity index (χ0) is 15.4. The van der Waals surface area contributed by atoms with Crippen LogP contribution in [0.1, 0.15) is 71.1 Å². The lowest BCUT2D eigenvalue weighted by atomic mass is 10.0. The number of nitrogens with two attached hydrogens (primary N) is 1. The number of carbonyl (C=O) groups excluding carboxylic acids is 1. The Morgan fingerprint density at radius 1 is 1.00 bits per heavy atom. The lowest BCUT2D eigenvalue weighted by Gasteiger charge is -2.09. The molecule has 0 aliphatic carbocycles. The van der Waals surface area contributed by atoms with Crippen LogP contribution in [0.5, 0.6) is 0 Å². The molecule has 120 valence electrons. The minimum absolute atomic E-state index is 0.000340. The first-order valence-electron chi connectivity index (χ1n) is 7.83. The van der Waals surface area contributed by atoms with E-state index in [1.807, 2.05) is 0 Å². The van der Waals surface area contributed by atoms with E-state index >= 15 is 0 Å². The van der Waals surface area contributed by atoms with E-state index in [0.717, 1.165) is 12.8 Å². The predicted molar refractivity (Wildman–Crippen MR) is 84.5 cm³/mol. The van der Waals surface area contributed by atoms with E-state index in [2.05, 4.69) is 6.92 Å². The van der Waals surface area contributed by atoms with Crippen LogP contribution in [0.25, 0.3) is 0 Å². The number of ketones is 1. The van der Waals surface area contributed by atoms with Crippen LogP contribution in [-0.2, 0) is 14.6 Å². The number of hydrogen-bond acceptors (Lipinski definition) is 4. The lowest BCUT2D eigenvalue weighted by molar-refractivity contribution is -0.120. The van der Waals surface area contributed by atoms with Gasteiger partial charge in [-0.2, -0.15) is 0 Å². The van der Waals surface area contributed by atoms with Gasteiger partial charge >= 0.3 is 0 Å². The van der Waals surface area contributed by atoms with E-state index in [1.54, 1.807) is 0 Å². The average molecular weight is 305 g/mol. The third-order valence-electron chi connectivity index (χ3n) is 3.49. The van der Waals surface area contributed by atoms with Gasteiger partial charge in [0.05, 0.1) is 11.8 Å². The Balaban J connectivity index is 3.53. The van der Waals surface area contributed by atoms with Crippen LogP contribution >= 0.6 is 0 Å². The lowest BCUT2D eigenvalue weighted by Crippen LogP contribution is -2.32. The van der Waals surface area contributed by atoms with Crippen molar-refractivity contribution in [2.75, 3.05) is 12.0 Å². The standard InChI is InChI=1S/C15H31NO3S/c1-3-4-5-6-7-8-9-10-11-15(17)14(16)12-13-20(2,18)19/h14H,3-13,16H2,1-2H3. The fourth-order valence-corrected chi connectivity index (χ4v) is 2.80. The second-order valence-corrected chi connectivity index (χ2v) is 7.98. The highest BCUT2D eigenvalue weighted by atomic mass is 32.2. The summed E-state index contributed by atoms with van der Waals surface area (Å²) in [5, 5.41) is 0. The highest BCUT2D eigenvalue weighted by molar-refractivity contribution is 7.90. The van der Waals surface area contributed by atoms with Gasteiger partial charge in [-0.25, -0.2) is 8.42 Å². The molecule has 0 bridgehead atoms. The summed E-state index contributed by atoms with van der Waals surface area (Å²) in [5.41, 5.74) is 5.71. The van der Waals surface area contributed by atoms with Gasteiger partial charge in [-0.3, -0.25) is 4.79 Å². The van der Waals surface area contributed by atoms with Crippen molar-refractivity contribution < 1.29 is 13.2 Å². The molecule has 4 nitrogen and oxygen atoms in total. The molecule has 0 rings (SSSR count). The Bertz CT molecular complexity index is 352. The van der Waals surface area contributed by atoms with E-state index < -0.39 is 15.9 Å². The third-order valence-corrected chi connectivity index (χ3v) is 4.47. The molecule has 0 aliphatic heterocycles. The number of hydrogen-bond donors (Lipinski definition) is 1. The van der Waals surface area contributed by atoms with Gasteiger partial charge in [0.1, 0.15) is 15.6 Å². The Kier molecular flexibility index (Phi) is 11.0. The van der Waals surface area contributed by atoms with Gasteiger partial charge < -0.3 is 5.73 Å². The summed E-state index contributed by atoms with van der Waals surface area (Å²) < 4.78 is 22.0. The Morgan fingerprint density at radius 2 is 1.50 bits per heavy atom. The molecular weight excluding hydrogens is 274 g/mol. The first-order valence-corrected chi connectivity index (χ1v) is 9.89. The van der Waals surface area contributed by atoms with Gasteiger partial charge in [0.15, 0.2) is 0 Å². The maximum absolute atomic E-state index is 11.7. The van der Waals surface area contributed by atoms with Crippen LogP contribution in [0.4, 0.5) is 0 Å². The number of Topliss-reactive ketones (excluding diaryl/α,β-unsaturated/α-hetero) is 1. The van der Waals surface area contributed by atoms with Crippen molar-refractivity contribution in [1.29, 1.82) is 0 Å². The van der Waals surface area contributed by atoms with Crippen molar-refractivity contribution in [2.24, 2.45) is 5.73 Å². The Morgan fingerprint density at radius 3 is 2.00 bits per heavy atom. The SMILES string of the molecule is CCCCCCCCCCC(=O)C(N)CCS(C)(=O)=O. The van der Waals surface area contributed by atoms with Crippen molar-refractivity contribution in [2.45, 2.75) is 77.2 Å². The highest BCUT2D eigenvalue weighted by Gasteiger charge is 2.15. The molecule has 1 atom stereocenters. The molecule has 0 spiro atoms. The molecular formula is C15H31NO3S. The summed E-state index contributed by atoms with van der Waals surface area (Å²) in [7, 11) is -3.03. The second kappa shape index (κ2) is 11.3. The molecule has 0 amide bonds. The summed E-state index contributed by atoms with van der Waals surface area (Å²) in [6, 6.07) is -0.616. The van der Waals surface area contributed by atoms with Gasteiger partial charge in [-0.05, 0) is 12.8 Å².